The third kappa shape index (κ3) is 3.92. The first-order valence-electron chi connectivity index (χ1n) is 8.68. The van der Waals surface area contributed by atoms with Crippen molar-refractivity contribution < 1.29 is 14.4 Å². The van der Waals surface area contributed by atoms with E-state index in [4.69, 9.17) is 9.57 Å². The molecule has 3 aromatic carbocycles. The number of nitrogens with zero attached hydrogens (tertiary/aromatic N) is 1. The lowest BCUT2D eigenvalue weighted by atomic mass is 10.0. The summed E-state index contributed by atoms with van der Waals surface area (Å²) in [6, 6.07) is 19.8. The lowest BCUT2D eigenvalue weighted by Gasteiger charge is -2.15. The highest BCUT2D eigenvalue weighted by Gasteiger charge is 2.18. The molecule has 0 spiro atoms. The number of likely N-dealkylation sites (N-methyl/N-ethyl adjacent to an activating group) is 1. The van der Waals surface area contributed by atoms with Crippen molar-refractivity contribution in [1.29, 1.82) is 0 Å². The van der Waals surface area contributed by atoms with Crippen LogP contribution in [0.1, 0.15) is 16.7 Å². The number of hydrogen-bond acceptors (Lipinski definition) is 4. The van der Waals surface area contributed by atoms with Gasteiger partial charge in [-0.2, -0.15) is 0 Å². The van der Waals surface area contributed by atoms with Gasteiger partial charge in [-0.25, -0.2) is 0 Å². The summed E-state index contributed by atoms with van der Waals surface area (Å²) in [6.07, 6.45) is 0. The fourth-order valence-electron chi connectivity index (χ4n) is 2.99. The minimum atomic E-state index is -0.314. The first-order chi connectivity index (χ1) is 13.2. The van der Waals surface area contributed by atoms with Crippen molar-refractivity contribution >= 4 is 22.4 Å². The van der Waals surface area contributed by atoms with Crippen molar-refractivity contribution in [1.82, 2.24) is 5.32 Å². The molecular formula is C22H22N2O3. The maximum absolute atomic E-state index is 12.2. The maximum atomic E-state index is 12.2. The number of rotatable bonds is 6. The molecular weight excluding hydrogens is 340 g/mol. The third-order valence-electron chi connectivity index (χ3n) is 4.35. The van der Waals surface area contributed by atoms with Crippen LogP contribution in [-0.4, -0.2) is 25.8 Å². The molecule has 138 valence electrons. The van der Waals surface area contributed by atoms with E-state index in [1.807, 2.05) is 55.5 Å². The maximum Gasteiger partial charge on any atom is 0.273 e. The van der Waals surface area contributed by atoms with E-state index in [0.29, 0.717) is 12.2 Å². The number of amides is 1. The molecule has 0 heterocycles. The third-order valence-corrected chi connectivity index (χ3v) is 4.35. The smallest absolute Gasteiger partial charge is 0.273 e. The summed E-state index contributed by atoms with van der Waals surface area (Å²) in [5.74, 6) is 0.527. The molecule has 0 bridgehead atoms. The highest BCUT2D eigenvalue weighted by atomic mass is 16.6. The zero-order valence-corrected chi connectivity index (χ0v) is 15.7. The minimum Gasteiger partial charge on any atom is -0.488 e. The average Bonchev–Trinajstić information content (AvgIpc) is 2.71. The van der Waals surface area contributed by atoms with Gasteiger partial charge >= 0.3 is 0 Å². The highest BCUT2D eigenvalue weighted by Crippen LogP contribution is 2.30. The molecule has 0 radical (unpaired) electrons. The van der Waals surface area contributed by atoms with E-state index in [1.165, 1.54) is 7.11 Å². The topological polar surface area (TPSA) is 59.9 Å². The van der Waals surface area contributed by atoms with Crippen LogP contribution in [0, 0.1) is 6.92 Å². The number of nitrogens with one attached hydrogen (secondary N) is 1. The van der Waals surface area contributed by atoms with Crippen molar-refractivity contribution in [3.63, 3.8) is 0 Å². The molecule has 0 aliphatic carbocycles. The first kappa shape index (κ1) is 18.5. The van der Waals surface area contributed by atoms with Crippen LogP contribution in [0.15, 0.2) is 65.8 Å². The molecule has 27 heavy (non-hydrogen) atoms. The summed E-state index contributed by atoms with van der Waals surface area (Å²) in [5.41, 5.74) is 2.80. The summed E-state index contributed by atoms with van der Waals surface area (Å²) in [7, 11) is 2.98. The van der Waals surface area contributed by atoms with Crippen molar-refractivity contribution in [2.24, 2.45) is 5.16 Å². The average molecular weight is 362 g/mol. The summed E-state index contributed by atoms with van der Waals surface area (Å²) in [5, 5.41) is 8.68. The number of benzene rings is 3. The fourth-order valence-corrected chi connectivity index (χ4v) is 2.99. The van der Waals surface area contributed by atoms with E-state index >= 15 is 0 Å². The van der Waals surface area contributed by atoms with Gasteiger partial charge in [-0.3, -0.25) is 4.79 Å². The number of carbonyl (C=O) groups is 1. The van der Waals surface area contributed by atoms with Gasteiger partial charge in [0.2, 0.25) is 0 Å². The molecule has 0 saturated heterocycles. The Labute approximate surface area is 158 Å². The van der Waals surface area contributed by atoms with Crippen LogP contribution < -0.4 is 10.1 Å². The molecule has 5 nitrogen and oxygen atoms in total. The molecule has 0 aromatic heterocycles. The SMILES string of the molecule is CNC(=O)C(=NOC)c1ccccc1COc1c(C)ccc2ccccc12. The van der Waals surface area contributed by atoms with E-state index in [1.54, 1.807) is 7.05 Å². The fraction of sp³-hybridized carbons (Fsp3) is 0.182. The van der Waals surface area contributed by atoms with Gasteiger partial charge in [0.05, 0.1) is 0 Å². The van der Waals surface area contributed by atoms with Crippen molar-refractivity contribution in [2.75, 3.05) is 14.2 Å². The molecule has 1 amide bonds. The molecule has 5 heteroatoms. The standard InChI is InChI=1S/C22H22N2O3/c1-15-12-13-16-8-4-7-11-19(16)21(15)27-14-17-9-5-6-10-18(17)20(24-26-3)22(25)23-2/h4-13H,14H2,1-3H3,(H,23,25). The minimum absolute atomic E-state index is 0.217. The van der Waals surface area contributed by atoms with Crippen LogP contribution in [0.25, 0.3) is 10.8 Å². The van der Waals surface area contributed by atoms with Gasteiger partial charge in [0.25, 0.3) is 5.91 Å². The Balaban J connectivity index is 1.96. The van der Waals surface area contributed by atoms with E-state index < -0.39 is 0 Å². The Morgan fingerprint density at radius 1 is 1.04 bits per heavy atom. The molecule has 0 saturated carbocycles. The lowest BCUT2D eigenvalue weighted by Crippen LogP contribution is -2.29. The highest BCUT2D eigenvalue weighted by molar-refractivity contribution is 6.45. The molecule has 1 N–H and O–H groups in total. The van der Waals surface area contributed by atoms with E-state index in [9.17, 15) is 4.79 Å². The summed E-state index contributed by atoms with van der Waals surface area (Å²) >= 11 is 0. The zero-order valence-electron chi connectivity index (χ0n) is 15.7. The van der Waals surface area contributed by atoms with Gasteiger partial charge in [0.15, 0.2) is 5.71 Å². The van der Waals surface area contributed by atoms with E-state index in [0.717, 1.165) is 27.6 Å². The Kier molecular flexibility index (Phi) is 5.71. The largest absolute Gasteiger partial charge is 0.488 e. The van der Waals surface area contributed by atoms with Gasteiger partial charge in [-0.15, -0.1) is 0 Å². The molecule has 0 aliphatic heterocycles. The quantitative estimate of drug-likeness (QED) is 0.536. The monoisotopic (exact) mass is 362 g/mol. The Bertz CT molecular complexity index is 996. The van der Waals surface area contributed by atoms with Crippen LogP contribution in [-0.2, 0) is 16.2 Å². The van der Waals surface area contributed by atoms with Crippen molar-refractivity contribution in [3.05, 3.63) is 77.4 Å². The molecule has 0 unspecified atom stereocenters. The zero-order chi connectivity index (χ0) is 19.2. The van der Waals surface area contributed by atoms with Crippen molar-refractivity contribution in [2.45, 2.75) is 13.5 Å². The number of aryl methyl sites for hydroxylation is 1. The molecule has 0 aliphatic rings. The Morgan fingerprint density at radius 3 is 2.56 bits per heavy atom. The van der Waals surface area contributed by atoms with Gasteiger partial charge in [-0.1, -0.05) is 65.8 Å². The van der Waals surface area contributed by atoms with Crippen LogP contribution in [0.5, 0.6) is 5.75 Å². The second-order valence-corrected chi connectivity index (χ2v) is 6.08. The second-order valence-electron chi connectivity index (χ2n) is 6.08. The van der Waals surface area contributed by atoms with Crippen LogP contribution in [0.2, 0.25) is 0 Å². The number of oxime groups is 1. The molecule has 0 atom stereocenters. The number of ether oxygens (including phenoxy) is 1. The van der Waals surface area contributed by atoms with Crippen LogP contribution >= 0.6 is 0 Å². The number of hydrogen-bond donors (Lipinski definition) is 1. The van der Waals surface area contributed by atoms with Gasteiger partial charge in [0, 0.05) is 18.0 Å². The normalized spacial score (nSPS) is 11.3. The predicted molar refractivity (Wildman–Crippen MR) is 107 cm³/mol. The van der Waals surface area contributed by atoms with Gasteiger partial charge in [-0.05, 0) is 23.4 Å². The summed E-state index contributed by atoms with van der Waals surface area (Å²) < 4.78 is 6.19. The van der Waals surface area contributed by atoms with E-state index in [-0.39, 0.29) is 11.6 Å². The molecule has 3 rings (SSSR count). The first-order valence-corrected chi connectivity index (χ1v) is 8.68. The second kappa shape index (κ2) is 8.36. The number of carbonyl (C=O) groups excluding carboxylic acids is 1. The van der Waals surface area contributed by atoms with Crippen LogP contribution in [0.4, 0.5) is 0 Å². The summed E-state index contributed by atoms with van der Waals surface area (Å²) in [6.45, 7) is 2.33. The van der Waals surface area contributed by atoms with Gasteiger partial charge in [0.1, 0.15) is 19.5 Å². The summed E-state index contributed by atoms with van der Waals surface area (Å²) in [4.78, 5) is 17.1. The Morgan fingerprint density at radius 2 is 1.78 bits per heavy atom. The van der Waals surface area contributed by atoms with Crippen molar-refractivity contribution in [3.8, 4) is 5.75 Å². The lowest BCUT2D eigenvalue weighted by molar-refractivity contribution is -0.114. The Hall–Kier alpha value is -3.34. The number of fused-ring (bicyclic) bond motifs is 1. The molecule has 0 fully saturated rings. The van der Waals surface area contributed by atoms with Crippen LogP contribution in [0.3, 0.4) is 0 Å². The predicted octanol–water partition coefficient (Wildman–Crippen LogP) is 3.82. The van der Waals surface area contributed by atoms with Gasteiger partial charge < -0.3 is 14.9 Å². The molecule has 3 aromatic rings. The van der Waals surface area contributed by atoms with E-state index in [2.05, 4.69) is 22.6 Å².